The Kier molecular flexibility index (Phi) is 6.52. The maximum atomic E-state index is 12.2. The third-order valence-electron chi connectivity index (χ3n) is 3.70. The number of aromatic nitrogens is 2. The van der Waals surface area contributed by atoms with E-state index in [9.17, 15) is 4.79 Å². The van der Waals surface area contributed by atoms with Gasteiger partial charge in [0.15, 0.2) is 4.34 Å². The van der Waals surface area contributed by atoms with E-state index in [4.69, 9.17) is 16.3 Å². The Labute approximate surface area is 159 Å². The van der Waals surface area contributed by atoms with Crippen LogP contribution in [0.2, 0.25) is 5.02 Å². The Morgan fingerprint density at radius 3 is 3.08 bits per heavy atom. The van der Waals surface area contributed by atoms with Crippen molar-refractivity contribution in [3.63, 3.8) is 0 Å². The maximum Gasteiger partial charge on any atom is 0.233 e. The number of benzene rings is 1. The largest absolute Gasteiger partial charge is 0.376 e. The molecule has 1 aliphatic heterocycles. The van der Waals surface area contributed by atoms with Crippen molar-refractivity contribution >= 4 is 51.4 Å². The number of hydrogen-bond acceptors (Lipinski definition) is 7. The predicted molar refractivity (Wildman–Crippen MR) is 102 cm³/mol. The summed E-state index contributed by atoms with van der Waals surface area (Å²) >= 11 is 8.90. The molecular weight excluding hydrogens is 380 g/mol. The van der Waals surface area contributed by atoms with E-state index in [-0.39, 0.29) is 17.3 Å². The summed E-state index contributed by atoms with van der Waals surface area (Å²) in [5.74, 6) is -0.0173. The van der Waals surface area contributed by atoms with Gasteiger partial charge in [0.1, 0.15) is 0 Å². The van der Waals surface area contributed by atoms with Gasteiger partial charge in [0.25, 0.3) is 0 Å². The zero-order valence-electron chi connectivity index (χ0n) is 13.7. The Morgan fingerprint density at radius 1 is 1.48 bits per heavy atom. The van der Waals surface area contributed by atoms with Gasteiger partial charge in [-0.1, -0.05) is 46.8 Å². The molecular formula is C16H19ClN4O2S2. The van der Waals surface area contributed by atoms with Gasteiger partial charge in [0.2, 0.25) is 11.0 Å². The summed E-state index contributed by atoms with van der Waals surface area (Å²) in [5.41, 5.74) is 0.777. The van der Waals surface area contributed by atoms with E-state index in [1.807, 2.05) is 25.1 Å². The van der Waals surface area contributed by atoms with Gasteiger partial charge in [0.05, 0.1) is 22.1 Å². The van der Waals surface area contributed by atoms with Crippen molar-refractivity contribution in [2.24, 2.45) is 0 Å². The first kappa shape index (κ1) is 18.4. The molecule has 0 unspecified atom stereocenters. The highest BCUT2D eigenvalue weighted by molar-refractivity contribution is 8.02. The first-order valence-corrected chi connectivity index (χ1v) is 10.1. The number of amides is 1. The number of ether oxygens (including phenoxy) is 1. The fourth-order valence-corrected chi connectivity index (χ4v) is 4.47. The van der Waals surface area contributed by atoms with E-state index in [0.29, 0.717) is 16.7 Å². The van der Waals surface area contributed by atoms with Crippen LogP contribution in [-0.2, 0) is 9.53 Å². The summed E-state index contributed by atoms with van der Waals surface area (Å²) in [7, 11) is 0. The Bertz CT molecular complexity index is 722. The monoisotopic (exact) mass is 398 g/mol. The quantitative estimate of drug-likeness (QED) is 0.692. The van der Waals surface area contributed by atoms with Crippen LogP contribution in [0.25, 0.3) is 0 Å². The first-order valence-electron chi connectivity index (χ1n) is 8.03. The Morgan fingerprint density at radius 2 is 2.32 bits per heavy atom. The van der Waals surface area contributed by atoms with Gasteiger partial charge in [-0.3, -0.25) is 4.79 Å². The molecule has 2 N–H and O–H groups in total. The van der Waals surface area contributed by atoms with Gasteiger partial charge in [-0.15, -0.1) is 10.2 Å². The van der Waals surface area contributed by atoms with Gasteiger partial charge in [-0.2, -0.15) is 0 Å². The first-order chi connectivity index (χ1) is 12.1. The summed E-state index contributed by atoms with van der Waals surface area (Å²) in [5, 5.41) is 15.3. The third-order valence-corrected chi connectivity index (χ3v) is 6.05. The summed E-state index contributed by atoms with van der Waals surface area (Å²) < 4.78 is 6.24. The lowest BCUT2D eigenvalue weighted by Crippen LogP contribution is -2.36. The minimum absolute atomic E-state index is 0.0173. The fraction of sp³-hybridized carbons (Fsp3) is 0.438. The lowest BCUT2D eigenvalue weighted by atomic mass is 10.2. The van der Waals surface area contributed by atoms with Crippen molar-refractivity contribution < 1.29 is 9.53 Å². The van der Waals surface area contributed by atoms with E-state index in [1.165, 1.54) is 23.1 Å². The number of carbonyl (C=O) groups is 1. The molecule has 1 fully saturated rings. The minimum Gasteiger partial charge on any atom is -0.376 e. The van der Waals surface area contributed by atoms with E-state index < -0.39 is 0 Å². The van der Waals surface area contributed by atoms with Crippen LogP contribution >= 0.6 is 34.7 Å². The Hall–Kier alpha value is -1.35. The van der Waals surface area contributed by atoms with Crippen molar-refractivity contribution in [3.05, 3.63) is 29.3 Å². The van der Waals surface area contributed by atoms with Gasteiger partial charge in [-0.05, 0) is 31.9 Å². The molecule has 1 aromatic heterocycles. The Balaban J connectivity index is 1.50. The van der Waals surface area contributed by atoms with Crippen LogP contribution in [0.15, 0.2) is 28.6 Å². The van der Waals surface area contributed by atoms with Crippen LogP contribution < -0.4 is 10.6 Å². The van der Waals surface area contributed by atoms with Crippen LogP contribution in [0.3, 0.4) is 0 Å². The lowest BCUT2D eigenvalue weighted by Gasteiger charge is -2.13. The average Bonchev–Trinajstić information content (AvgIpc) is 3.27. The molecule has 0 radical (unpaired) electrons. The molecule has 134 valence electrons. The highest BCUT2D eigenvalue weighted by atomic mass is 35.5. The van der Waals surface area contributed by atoms with Crippen LogP contribution in [0.4, 0.5) is 10.8 Å². The molecule has 9 heteroatoms. The number of anilines is 2. The number of carbonyl (C=O) groups excluding carboxylic acids is 1. The van der Waals surface area contributed by atoms with E-state index >= 15 is 0 Å². The number of rotatable bonds is 7. The van der Waals surface area contributed by atoms with Crippen molar-refractivity contribution in [1.29, 1.82) is 0 Å². The number of nitrogens with zero attached hydrogens (tertiary/aromatic N) is 2. The third kappa shape index (κ3) is 5.31. The number of nitrogens with one attached hydrogen (secondary N) is 2. The zero-order chi connectivity index (χ0) is 17.6. The molecule has 1 aliphatic rings. The smallest absolute Gasteiger partial charge is 0.233 e. The fourth-order valence-electron chi connectivity index (χ4n) is 2.35. The lowest BCUT2D eigenvalue weighted by molar-refractivity contribution is -0.120. The average molecular weight is 399 g/mol. The summed E-state index contributed by atoms with van der Waals surface area (Å²) in [6, 6.07) is 7.44. The second kappa shape index (κ2) is 8.84. The maximum absolute atomic E-state index is 12.2. The molecule has 0 aliphatic carbocycles. The van der Waals surface area contributed by atoms with Crippen molar-refractivity contribution in [3.8, 4) is 0 Å². The molecule has 1 saturated heterocycles. The molecule has 1 amide bonds. The van der Waals surface area contributed by atoms with Crippen molar-refractivity contribution in [2.75, 3.05) is 18.5 Å². The number of thioether (sulfide) groups is 1. The molecule has 2 aromatic rings. The molecule has 0 spiro atoms. The van der Waals surface area contributed by atoms with Crippen LogP contribution in [0, 0.1) is 0 Å². The van der Waals surface area contributed by atoms with Gasteiger partial charge in [0, 0.05) is 13.2 Å². The van der Waals surface area contributed by atoms with Gasteiger partial charge < -0.3 is 15.4 Å². The van der Waals surface area contributed by atoms with E-state index in [1.54, 1.807) is 6.07 Å². The van der Waals surface area contributed by atoms with Crippen molar-refractivity contribution in [2.45, 2.75) is 35.5 Å². The summed E-state index contributed by atoms with van der Waals surface area (Å²) in [6.07, 6.45) is 2.22. The molecule has 25 heavy (non-hydrogen) atoms. The second-order valence-electron chi connectivity index (χ2n) is 5.62. The number of halogens is 1. The molecule has 3 rings (SSSR count). The molecule has 0 bridgehead atoms. The van der Waals surface area contributed by atoms with E-state index in [2.05, 4.69) is 20.8 Å². The number of para-hydroxylation sites is 1. The molecule has 1 aromatic carbocycles. The second-order valence-corrected chi connectivity index (χ2v) is 8.59. The summed E-state index contributed by atoms with van der Waals surface area (Å²) in [4.78, 5) is 12.2. The SMILES string of the molecule is C[C@H](Sc1nnc(Nc2ccccc2Cl)s1)C(=O)NC[C@@H]1CCCO1. The van der Waals surface area contributed by atoms with Crippen molar-refractivity contribution in [1.82, 2.24) is 15.5 Å². The van der Waals surface area contributed by atoms with E-state index in [0.717, 1.165) is 29.5 Å². The predicted octanol–water partition coefficient (Wildman–Crippen LogP) is 3.71. The normalized spacial score (nSPS) is 18.1. The molecule has 0 saturated carbocycles. The topological polar surface area (TPSA) is 76.1 Å². The highest BCUT2D eigenvalue weighted by Crippen LogP contribution is 2.32. The van der Waals surface area contributed by atoms with Gasteiger partial charge in [-0.25, -0.2) is 0 Å². The van der Waals surface area contributed by atoms with Gasteiger partial charge >= 0.3 is 0 Å². The highest BCUT2D eigenvalue weighted by Gasteiger charge is 2.20. The standard InChI is InChI=1S/C16H19ClN4O2S2/c1-10(14(22)18-9-11-5-4-8-23-11)24-16-21-20-15(25-16)19-13-7-3-2-6-12(13)17/h2-3,6-7,10-11H,4-5,8-9H2,1H3,(H,18,22)(H,19,20)/t10-,11-/m0/s1. The van der Waals surface area contributed by atoms with Crippen LogP contribution in [-0.4, -0.2) is 40.6 Å². The molecule has 2 heterocycles. The minimum atomic E-state index is -0.248. The zero-order valence-corrected chi connectivity index (χ0v) is 16.1. The van der Waals surface area contributed by atoms with Crippen LogP contribution in [0.1, 0.15) is 19.8 Å². The summed E-state index contributed by atoms with van der Waals surface area (Å²) in [6.45, 7) is 3.22. The van der Waals surface area contributed by atoms with Crippen LogP contribution in [0.5, 0.6) is 0 Å². The molecule has 6 nitrogen and oxygen atoms in total. The molecule has 2 atom stereocenters. The number of hydrogen-bond donors (Lipinski definition) is 2.